The van der Waals surface area contributed by atoms with E-state index < -0.39 is 0 Å². The Hall–Kier alpha value is -4.13. The lowest BCUT2D eigenvalue weighted by Crippen LogP contribution is -2.38. The third-order valence-corrected chi connectivity index (χ3v) is 6.76. The zero-order valence-electron chi connectivity index (χ0n) is 20.8. The summed E-state index contributed by atoms with van der Waals surface area (Å²) in [4.78, 5) is 17.4. The van der Waals surface area contributed by atoms with Gasteiger partial charge in [-0.3, -0.25) is 9.69 Å². The number of amides is 1. The summed E-state index contributed by atoms with van der Waals surface area (Å²) in [5.74, 6) is -0.121. The second-order valence-corrected chi connectivity index (χ2v) is 9.29. The van der Waals surface area contributed by atoms with Crippen molar-refractivity contribution in [3.05, 3.63) is 101 Å². The number of rotatable bonds is 8. The molecule has 0 spiro atoms. The quantitative estimate of drug-likeness (QED) is 0.500. The molecule has 1 aliphatic heterocycles. The number of likely N-dealkylation sites (tertiary alicyclic amines) is 1. The van der Waals surface area contributed by atoms with Gasteiger partial charge in [0.2, 0.25) is 0 Å². The first-order valence-electron chi connectivity index (χ1n) is 12.4. The topological polar surface area (TPSA) is 83.2 Å². The van der Waals surface area contributed by atoms with Crippen LogP contribution in [0.15, 0.2) is 72.8 Å². The minimum Gasteiger partial charge on any atom is -0.375 e. The first-order chi connectivity index (χ1) is 17.5. The van der Waals surface area contributed by atoms with Crippen LogP contribution in [-0.2, 0) is 0 Å². The van der Waals surface area contributed by atoms with E-state index in [0.29, 0.717) is 16.7 Å². The lowest BCUT2D eigenvalue weighted by atomic mass is 9.96. The van der Waals surface area contributed by atoms with Crippen LogP contribution in [0.1, 0.15) is 58.4 Å². The molecule has 4 rings (SSSR count). The maximum atomic E-state index is 12.8. The van der Waals surface area contributed by atoms with Gasteiger partial charge < -0.3 is 10.2 Å². The van der Waals surface area contributed by atoms with Crippen molar-refractivity contribution in [2.45, 2.75) is 31.8 Å². The summed E-state index contributed by atoms with van der Waals surface area (Å²) in [6.07, 6.45) is 1.95. The summed E-state index contributed by atoms with van der Waals surface area (Å²) in [5, 5.41) is 21.4. The average molecular weight is 478 g/mol. The molecular weight excluding hydrogens is 446 g/mol. The van der Waals surface area contributed by atoms with Crippen molar-refractivity contribution in [2.24, 2.45) is 0 Å². The van der Waals surface area contributed by atoms with Crippen molar-refractivity contribution in [1.29, 1.82) is 10.5 Å². The highest BCUT2D eigenvalue weighted by Crippen LogP contribution is 2.33. The summed E-state index contributed by atoms with van der Waals surface area (Å²) in [6.45, 7) is 4.76. The molecule has 0 aromatic heterocycles. The molecule has 2 atom stereocenters. The first kappa shape index (κ1) is 25.0. The van der Waals surface area contributed by atoms with Crippen LogP contribution in [0.4, 0.5) is 5.69 Å². The smallest absolute Gasteiger partial charge is 0.251 e. The highest BCUT2D eigenvalue weighted by atomic mass is 16.1. The van der Waals surface area contributed by atoms with Crippen LogP contribution in [-0.4, -0.2) is 43.5 Å². The maximum Gasteiger partial charge on any atom is 0.251 e. The molecule has 1 aliphatic rings. The Bertz CT molecular complexity index is 1250. The van der Waals surface area contributed by atoms with Gasteiger partial charge in [-0.15, -0.1) is 0 Å². The summed E-state index contributed by atoms with van der Waals surface area (Å²) in [7, 11) is 2.11. The molecule has 1 amide bonds. The molecule has 0 bridgehead atoms. The van der Waals surface area contributed by atoms with Gasteiger partial charge in [-0.1, -0.05) is 31.2 Å². The summed E-state index contributed by atoms with van der Waals surface area (Å²) >= 11 is 0. The molecule has 3 aromatic carbocycles. The predicted molar refractivity (Wildman–Crippen MR) is 142 cm³/mol. The van der Waals surface area contributed by atoms with Gasteiger partial charge in [0, 0.05) is 44.0 Å². The Morgan fingerprint density at radius 1 is 0.972 bits per heavy atom. The second-order valence-electron chi connectivity index (χ2n) is 9.29. The van der Waals surface area contributed by atoms with E-state index in [9.17, 15) is 10.1 Å². The van der Waals surface area contributed by atoms with Crippen molar-refractivity contribution >= 4 is 11.6 Å². The van der Waals surface area contributed by atoms with Crippen molar-refractivity contribution < 1.29 is 4.79 Å². The molecule has 1 N–H and O–H groups in total. The fourth-order valence-electron chi connectivity index (χ4n) is 4.83. The number of anilines is 1. The number of hydrogen-bond acceptors (Lipinski definition) is 5. The van der Waals surface area contributed by atoms with E-state index >= 15 is 0 Å². The second kappa shape index (κ2) is 11.5. The first-order valence-corrected chi connectivity index (χ1v) is 12.4. The highest BCUT2D eigenvalue weighted by molar-refractivity contribution is 5.94. The van der Waals surface area contributed by atoms with Gasteiger partial charge >= 0.3 is 0 Å². The molecule has 36 heavy (non-hydrogen) atoms. The lowest BCUT2D eigenvalue weighted by Gasteiger charge is -2.29. The summed E-state index contributed by atoms with van der Waals surface area (Å²) in [5.41, 5.74) is 5.24. The SMILES string of the molecule is CCCN(C)c1ccc([C@@H](c2ccc(C#N)cc2)N2CCC(NC(=O)c3ccc(C#N)cc3)C2)cc1. The van der Waals surface area contributed by atoms with Crippen LogP contribution in [0.25, 0.3) is 0 Å². The minimum absolute atomic E-state index is 0.0279. The number of benzene rings is 3. The van der Waals surface area contributed by atoms with Gasteiger partial charge in [0.1, 0.15) is 0 Å². The molecule has 1 saturated heterocycles. The molecule has 0 aliphatic carbocycles. The molecule has 6 heteroatoms. The fraction of sp³-hybridized carbons (Fsp3) is 0.300. The number of nitrogens with zero attached hydrogens (tertiary/aromatic N) is 4. The van der Waals surface area contributed by atoms with E-state index in [-0.39, 0.29) is 18.0 Å². The molecule has 0 saturated carbocycles. The third-order valence-electron chi connectivity index (χ3n) is 6.76. The Morgan fingerprint density at radius 3 is 2.08 bits per heavy atom. The molecule has 3 aromatic rings. The monoisotopic (exact) mass is 477 g/mol. The molecule has 1 heterocycles. The van der Waals surface area contributed by atoms with Gasteiger partial charge in [0.15, 0.2) is 0 Å². The Balaban J connectivity index is 1.53. The molecule has 6 nitrogen and oxygen atoms in total. The number of nitrogens with one attached hydrogen (secondary N) is 1. The molecule has 1 unspecified atom stereocenters. The number of carbonyl (C=O) groups is 1. The third kappa shape index (κ3) is 5.74. The maximum absolute atomic E-state index is 12.8. The standard InChI is InChI=1S/C30H31N5O/c1-3-17-34(2)28-14-12-25(13-15-28)29(24-8-4-22(19-31)5-9-24)35-18-16-27(21-35)33-30(36)26-10-6-23(20-32)7-11-26/h4-15,27,29H,3,16-18,21H2,1-2H3,(H,33,36)/t27?,29-/m1/s1. The van der Waals surface area contributed by atoms with E-state index in [1.54, 1.807) is 24.3 Å². The lowest BCUT2D eigenvalue weighted by molar-refractivity contribution is 0.0937. The van der Waals surface area contributed by atoms with Crippen LogP contribution in [0.2, 0.25) is 0 Å². The van der Waals surface area contributed by atoms with Gasteiger partial charge in [-0.2, -0.15) is 10.5 Å². The largest absolute Gasteiger partial charge is 0.375 e. The van der Waals surface area contributed by atoms with Gasteiger partial charge in [0.05, 0.1) is 29.3 Å². The van der Waals surface area contributed by atoms with Gasteiger partial charge in [0.25, 0.3) is 5.91 Å². The van der Waals surface area contributed by atoms with Crippen LogP contribution < -0.4 is 10.2 Å². The predicted octanol–water partition coefficient (Wildman–Crippen LogP) is 4.87. The van der Waals surface area contributed by atoms with Crippen molar-refractivity contribution in [3.63, 3.8) is 0 Å². The Labute approximate surface area is 213 Å². The number of nitriles is 2. The number of hydrogen-bond donors (Lipinski definition) is 1. The zero-order chi connectivity index (χ0) is 25.5. The molecule has 182 valence electrons. The van der Waals surface area contributed by atoms with E-state index in [2.05, 4.69) is 65.5 Å². The normalized spacial score (nSPS) is 16.1. The van der Waals surface area contributed by atoms with Crippen LogP contribution >= 0.6 is 0 Å². The van der Waals surface area contributed by atoms with Crippen LogP contribution in [0.3, 0.4) is 0 Å². The van der Waals surface area contributed by atoms with Crippen molar-refractivity contribution in [3.8, 4) is 12.1 Å². The zero-order valence-corrected chi connectivity index (χ0v) is 20.8. The van der Waals surface area contributed by atoms with Crippen molar-refractivity contribution in [1.82, 2.24) is 10.2 Å². The summed E-state index contributed by atoms with van der Waals surface area (Å²) in [6, 6.07) is 27.6. The minimum atomic E-state index is -0.121. The molecular formula is C30H31N5O. The highest BCUT2D eigenvalue weighted by Gasteiger charge is 2.31. The van der Waals surface area contributed by atoms with E-state index in [1.165, 1.54) is 11.3 Å². The Morgan fingerprint density at radius 2 is 1.53 bits per heavy atom. The van der Waals surface area contributed by atoms with Crippen LogP contribution in [0, 0.1) is 22.7 Å². The molecule has 1 fully saturated rings. The average Bonchev–Trinajstić information content (AvgIpc) is 3.37. The van der Waals surface area contributed by atoms with E-state index in [4.69, 9.17) is 5.26 Å². The summed E-state index contributed by atoms with van der Waals surface area (Å²) < 4.78 is 0. The van der Waals surface area contributed by atoms with Crippen molar-refractivity contribution in [2.75, 3.05) is 31.6 Å². The van der Waals surface area contributed by atoms with Gasteiger partial charge in [-0.25, -0.2) is 0 Å². The van der Waals surface area contributed by atoms with Gasteiger partial charge in [-0.05, 0) is 72.5 Å². The number of carbonyl (C=O) groups excluding carboxylic acids is 1. The van der Waals surface area contributed by atoms with Crippen LogP contribution in [0.5, 0.6) is 0 Å². The Kier molecular flexibility index (Phi) is 8.00. The fourth-order valence-corrected chi connectivity index (χ4v) is 4.83. The molecule has 0 radical (unpaired) electrons. The van der Waals surface area contributed by atoms with E-state index in [1.807, 2.05) is 24.3 Å². The van der Waals surface area contributed by atoms with E-state index in [0.717, 1.165) is 38.0 Å².